The smallest absolute Gasteiger partial charge is 0.00503 e. The summed E-state index contributed by atoms with van der Waals surface area (Å²) >= 11 is 0. The van der Waals surface area contributed by atoms with Gasteiger partial charge in [0.1, 0.15) is 0 Å². The molecule has 1 aliphatic heterocycles. The van der Waals surface area contributed by atoms with E-state index in [1.807, 2.05) is 0 Å². The minimum Gasteiger partial charge on any atom is -0.330 e. The predicted molar refractivity (Wildman–Crippen MR) is 78.6 cm³/mol. The number of piperidine rings is 1. The number of hydrogen-bond donors (Lipinski definition) is 1. The summed E-state index contributed by atoms with van der Waals surface area (Å²) < 4.78 is 0. The molecule has 2 rings (SSSR count). The molecule has 2 aliphatic rings. The van der Waals surface area contributed by atoms with Crippen molar-refractivity contribution >= 4 is 0 Å². The van der Waals surface area contributed by atoms with Crippen LogP contribution < -0.4 is 5.73 Å². The second kappa shape index (κ2) is 6.38. The van der Waals surface area contributed by atoms with E-state index in [9.17, 15) is 0 Å². The van der Waals surface area contributed by atoms with Crippen molar-refractivity contribution in [3.05, 3.63) is 0 Å². The van der Waals surface area contributed by atoms with E-state index in [0.29, 0.717) is 5.41 Å². The van der Waals surface area contributed by atoms with Gasteiger partial charge in [0.15, 0.2) is 0 Å². The molecule has 3 unspecified atom stereocenters. The Morgan fingerprint density at radius 1 is 1.28 bits per heavy atom. The molecule has 1 heterocycles. The Hall–Kier alpha value is -0.0800. The zero-order valence-corrected chi connectivity index (χ0v) is 12.5. The Labute approximate surface area is 113 Å². The summed E-state index contributed by atoms with van der Waals surface area (Å²) in [5.74, 6) is 1.82. The van der Waals surface area contributed by atoms with Gasteiger partial charge in [-0.2, -0.15) is 0 Å². The van der Waals surface area contributed by atoms with Crippen LogP contribution in [0, 0.1) is 17.3 Å². The second-order valence-electron chi connectivity index (χ2n) is 7.06. The number of nitrogens with zero attached hydrogens (tertiary/aromatic N) is 1. The molecule has 0 spiro atoms. The second-order valence-corrected chi connectivity index (χ2v) is 7.06. The van der Waals surface area contributed by atoms with Gasteiger partial charge in [0.05, 0.1) is 0 Å². The van der Waals surface area contributed by atoms with E-state index in [1.54, 1.807) is 0 Å². The van der Waals surface area contributed by atoms with Gasteiger partial charge in [-0.15, -0.1) is 0 Å². The maximum atomic E-state index is 6.16. The molecule has 18 heavy (non-hydrogen) atoms. The van der Waals surface area contributed by atoms with E-state index >= 15 is 0 Å². The average molecular weight is 252 g/mol. The van der Waals surface area contributed by atoms with Crippen molar-refractivity contribution in [2.75, 3.05) is 26.2 Å². The van der Waals surface area contributed by atoms with Gasteiger partial charge in [-0.05, 0) is 56.0 Å². The van der Waals surface area contributed by atoms with Gasteiger partial charge in [0.2, 0.25) is 0 Å². The predicted octanol–water partition coefficient (Wildman–Crippen LogP) is 3.26. The molecular formula is C16H32N2. The highest BCUT2D eigenvalue weighted by Crippen LogP contribution is 2.39. The summed E-state index contributed by atoms with van der Waals surface area (Å²) in [6, 6.07) is 0. The summed E-state index contributed by atoms with van der Waals surface area (Å²) in [7, 11) is 0. The molecule has 2 fully saturated rings. The number of likely N-dealkylation sites (tertiary alicyclic amines) is 1. The normalized spacial score (nSPS) is 38.8. The summed E-state index contributed by atoms with van der Waals surface area (Å²) in [4.78, 5) is 2.72. The third kappa shape index (κ3) is 3.48. The summed E-state index contributed by atoms with van der Waals surface area (Å²) in [6.07, 6.45) is 9.72. The third-order valence-corrected chi connectivity index (χ3v) is 5.36. The minimum absolute atomic E-state index is 0.438. The molecule has 2 N–H and O–H groups in total. The summed E-state index contributed by atoms with van der Waals surface area (Å²) in [6.45, 7) is 9.55. The lowest BCUT2D eigenvalue weighted by molar-refractivity contribution is 0.0626. The van der Waals surface area contributed by atoms with Crippen LogP contribution in [0.2, 0.25) is 0 Å². The monoisotopic (exact) mass is 252 g/mol. The van der Waals surface area contributed by atoms with Crippen molar-refractivity contribution < 1.29 is 0 Å². The van der Waals surface area contributed by atoms with Crippen LogP contribution in [-0.2, 0) is 0 Å². The van der Waals surface area contributed by atoms with Crippen molar-refractivity contribution in [3.8, 4) is 0 Å². The maximum Gasteiger partial charge on any atom is 0.00503 e. The summed E-state index contributed by atoms with van der Waals surface area (Å²) in [5, 5.41) is 0. The number of hydrogen-bond acceptors (Lipinski definition) is 2. The van der Waals surface area contributed by atoms with Gasteiger partial charge in [0, 0.05) is 13.1 Å². The van der Waals surface area contributed by atoms with E-state index in [0.717, 1.165) is 18.4 Å². The molecule has 106 valence electrons. The Morgan fingerprint density at radius 2 is 2.11 bits per heavy atom. The largest absolute Gasteiger partial charge is 0.330 e. The van der Waals surface area contributed by atoms with Gasteiger partial charge in [-0.1, -0.05) is 33.1 Å². The first kappa shape index (κ1) is 14.3. The van der Waals surface area contributed by atoms with Crippen LogP contribution in [0.15, 0.2) is 0 Å². The molecule has 1 saturated carbocycles. The summed E-state index contributed by atoms with van der Waals surface area (Å²) in [5.41, 5.74) is 6.60. The molecule has 2 heteroatoms. The topological polar surface area (TPSA) is 29.3 Å². The first-order valence-corrected chi connectivity index (χ1v) is 8.10. The molecule has 3 atom stereocenters. The molecule has 0 amide bonds. The van der Waals surface area contributed by atoms with Crippen molar-refractivity contribution in [1.82, 2.24) is 4.90 Å². The average Bonchev–Trinajstić information content (AvgIpc) is 2.39. The first-order valence-electron chi connectivity index (χ1n) is 8.10. The maximum absolute atomic E-state index is 6.16. The highest BCUT2D eigenvalue weighted by molar-refractivity contribution is 4.90. The molecule has 0 aromatic carbocycles. The number of nitrogens with two attached hydrogens (primary N) is 1. The Balaban J connectivity index is 1.92. The Bertz CT molecular complexity index is 253. The Kier molecular flexibility index (Phi) is 5.08. The fourth-order valence-electron chi connectivity index (χ4n) is 4.26. The van der Waals surface area contributed by atoms with Gasteiger partial charge < -0.3 is 10.6 Å². The molecule has 0 bridgehead atoms. The van der Waals surface area contributed by atoms with Crippen LogP contribution >= 0.6 is 0 Å². The van der Waals surface area contributed by atoms with Crippen molar-refractivity contribution in [1.29, 1.82) is 0 Å². The van der Waals surface area contributed by atoms with E-state index in [1.165, 1.54) is 64.6 Å². The number of rotatable bonds is 4. The lowest BCUT2D eigenvalue weighted by atomic mass is 9.69. The van der Waals surface area contributed by atoms with Gasteiger partial charge in [0.25, 0.3) is 0 Å². The van der Waals surface area contributed by atoms with E-state index < -0.39 is 0 Å². The molecule has 1 saturated heterocycles. The van der Waals surface area contributed by atoms with Crippen LogP contribution in [0.5, 0.6) is 0 Å². The first-order chi connectivity index (χ1) is 8.67. The Morgan fingerprint density at radius 3 is 2.78 bits per heavy atom. The zero-order valence-electron chi connectivity index (χ0n) is 12.5. The third-order valence-electron chi connectivity index (χ3n) is 5.36. The minimum atomic E-state index is 0.438. The standard InChI is InChI=1S/C16H32N2/c1-3-15-7-5-9-18(11-15)13-16(12-17)8-4-6-14(2)10-16/h14-15H,3-13,17H2,1-2H3. The molecular weight excluding hydrogens is 220 g/mol. The quantitative estimate of drug-likeness (QED) is 0.832. The zero-order chi connectivity index (χ0) is 13.0. The highest BCUT2D eigenvalue weighted by Gasteiger charge is 2.36. The van der Waals surface area contributed by atoms with Crippen LogP contribution in [0.3, 0.4) is 0 Å². The fraction of sp³-hybridized carbons (Fsp3) is 1.00. The highest BCUT2D eigenvalue weighted by atomic mass is 15.1. The molecule has 0 radical (unpaired) electrons. The van der Waals surface area contributed by atoms with Crippen LogP contribution in [0.4, 0.5) is 0 Å². The van der Waals surface area contributed by atoms with Crippen molar-refractivity contribution in [2.45, 2.75) is 58.8 Å². The van der Waals surface area contributed by atoms with Gasteiger partial charge >= 0.3 is 0 Å². The fourth-order valence-corrected chi connectivity index (χ4v) is 4.26. The van der Waals surface area contributed by atoms with Crippen LogP contribution in [0.25, 0.3) is 0 Å². The van der Waals surface area contributed by atoms with E-state index in [4.69, 9.17) is 5.73 Å². The van der Waals surface area contributed by atoms with E-state index in [-0.39, 0.29) is 0 Å². The molecule has 1 aliphatic carbocycles. The van der Waals surface area contributed by atoms with Crippen molar-refractivity contribution in [2.24, 2.45) is 23.0 Å². The van der Waals surface area contributed by atoms with Crippen LogP contribution in [-0.4, -0.2) is 31.1 Å². The SMILES string of the molecule is CCC1CCCN(CC2(CN)CCCC(C)C2)C1. The lowest BCUT2D eigenvalue weighted by Gasteiger charge is -2.44. The lowest BCUT2D eigenvalue weighted by Crippen LogP contribution is -2.48. The molecule has 0 aromatic rings. The van der Waals surface area contributed by atoms with Crippen LogP contribution in [0.1, 0.15) is 58.8 Å². The van der Waals surface area contributed by atoms with Gasteiger partial charge in [-0.3, -0.25) is 0 Å². The molecule has 0 aromatic heterocycles. The molecule has 2 nitrogen and oxygen atoms in total. The van der Waals surface area contributed by atoms with E-state index in [2.05, 4.69) is 18.7 Å². The van der Waals surface area contributed by atoms with Gasteiger partial charge in [-0.25, -0.2) is 0 Å². The van der Waals surface area contributed by atoms with Crippen molar-refractivity contribution in [3.63, 3.8) is 0 Å².